The van der Waals surface area contributed by atoms with E-state index in [1.54, 1.807) is 18.2 Å². The van der Waals surface area contributed by atoms with Crippen LogP contribution in [0.2, 0.25) is 0 Å². The second-order valence-corrected chi connectivity index (χ2v) is 9.11. The van der Waals surface area contributed by atoms with Gasteiger partial charge in [-0.2, -0.15) is 0 Å². The highest BCUT2D eigenvalue weighted by Crippen LogP contribution is 2.26. The molecule has 0 saturated carbocycles. The van der Waals surface area contributed by atoms with Crippen molar-refractivity contribution in [2.75, 3.05) is 26.2 Å². The first-order chi connectivity index (χ1) is 13.3. The van der Waals surface area contributed by atoms with Crippen LogP contribution in [0.5, 0.6) is 0 Å². The lowest BCUT2D eigenvalue weighted by atomic mass is 9.98. The van der Waals surface area contributed by atoms with Gasteiger partial charge in [-0.05, 0) is 64.4 Å². The number of hydrogen-bond donors (Lipinski definition) is 1. The zero-order valence-corrected chi connectivity index (χ0v) is 18.2. The molecule has 3 amide bonds. The number of rotatable bonds is 7. The first-order valence-corrected chi connectivity index (χ1v) is 10.8. The van der Waals surface area contributed by atoms with Gasteiger partial charge >= 0.3 is 0 Å². The number of halogens is 1. The van der Waals surface area contributed by atoms with Crippen molar-refractivity contribution >= 4 is 33.7 Å². The number of piperidine rings is 1. The van der Waals surface area contributed by atoms with Gasteiger partial charge in [0.25, 0.3) is 11.8 Å². The summed E-state index contributed by atoms with van der Waals surface area (Å²) in [5.74, 6) is -0.600. The molecule has 6 nitrogen and oxygen atoms in total. The summed E-state index contributed by atoms with van der Waals surface area (Å²) in [7, 11) is 0. The lowest BCUT2D eigenvalue weighted by molar-refractivity contribution is -0.121. The standard InChI is InChI=1S/C21H28BrN3O3/c1-21(2,24-10-4-3-5-11-24)14-23-18(26)7-6-12-25-19(27)16-9-8-15(22)13-17(16)20(25)28/h8-9,13H,3-7,10-12,14H2,1-2H3,(H,23,26). The van der Waals surface area contributed by atoms with Gasteiger partial charge in [-0.3, -0.25) is 24.2 Å². The Bertz CT molecular complexity index is 772. The van der Waals surface area contributed by atoms with Gasteiger partial charge in [-0.15, -0.1) is 0 Å². The third-order valence-electron chi connectivity index (χ3n) is 5.65. The molecule has 0 bridgehead atoms. The monoisotopic (exact) mass is 449 g/mol. The zero-order valence-electron chi connectivity index (χ0n) is 16.6. The van der Waals surface area contributed by atoms with Gasteiger partial charge in [0.1, 0.15) is 0 Å². The van der Waals surface area contributed by atoms with Crippen molar-refractivity contribution in [3.05, 3.63) is 33.8 Å². The van der Waals surface area contributed by atoms with Crippen LogP contribution in [0.15, 0.2) is 22.7 Å². The molecular formula is C21H28BrN3O3. The van der Waals surface area contributed by atoms with Crippen molar-refractivity contribution in [3.8, 4) is 0 Å². The highest BCUT2D eigenvalue weighted by molar-refractivity contribution is 9.10. The molecular weight excluding hydrogens is 422 g/mol. The average Bonchev–Trinajstić information content (AvgIpc) is 2.91. The maximum Gasteiger partial charge on any atom is 0.261 e. The van der Waals surface area contributed by atoms with Gasteiger partial charge in [0, 0.05) is 29.5 Å². The number of imide groups is 1. The molecule has 0 aliphatic carbocycles. The van der Waals surface area contributed by atoms with E-state index in [1.807, 2.05) is 0 Å². The number of carbonyl (C=O) groups excluding carboxylic acids is 3. The Kier molecular flexibility index (Phi) is 6.55. The number of likely N-dealkylation sites (tertiary alicyclic amines) is 1. The molecule has 2 aliphatic heterocycles. The Hall–Kier alpha value is -1.73. The fourth-order valence-electron chi connectivity index (χ4n) is 3.88. The van der Waals surface area contributed by atoms with Gasteiger partial charge in [-0.1, -0.05) is 22.4 Å². The summed E-state index contributed by atoms with van der Waals surface area (Å²) in [6.45, 7) is 7.35. The van der Waals surface area contributed by atoms with E-state index in [9.17, 15) is 14.4 Å². The highest BCUT2D eigenvalue weighted by Gasteiger charge is 2.35. The summed E-state index contributed by atoms with van der Waals surface area (Å²) >= 11 is 3.33. The number of amides is 3. The van der Waals surface area contributed by atoms with E-state index in [0.717, 1.165) is 17.6 Å². The number of fused-ring (bicyclic) bond motifs is 1. The molecule has 7 heteroatoms. The Morgan fingerprint density at radius 1 is 1.11 bits per heavy atom. The van der Waals surface area contributed by atoms with Crippen molar-refractivity contribution in [2.24, 2.45) is 0 Å². The molecule has 152 valence electrons. The molecule has 0 unspecified atom stereocenters. The van der Waals surface area contributed by atoms with E-state index in [-0.39, 0.29) is 29.8 Å². The largest absolute Gasteiger partial charge is 0.354 e. The second kappa shape index (κ2) is 8.74. The van der Waals surface area contributed by atoms with Crippen LogP contribution in [0.4, 0.5) is 0 Å². The lowest BCUT2D eigenvalue weighted by Crippen LogP contribution is -2.53. The van der Waals surface area contributed by atoms with Gasteiger partial charge in [0.05, 0.1) is 11.1 Å². The van der Waals surface area contributed by atoms with Crippen LogP contribution in [0.1, 0.15) is 66.7 Å². The molecule has 1 aromatic carbocycles. The van der Waals surface area contributed by atoms with Crippen LogP contribution < -0.4 is 5.32 Å². The molecule has 0 spiro atoms. The number of benzene rings is 1. The minimum Gasteiger partial charge on any atom is -0.354 e. The fraction of sp³-hybridized carbons (Fsp3) is 0.571. The van der Waals surface area contributed by atoms with E-state index in [2.05, 4.69) is 40.0 Å². The van der Waals surface area contributed by atoms with E-state index in [1.165, 1.54) is 24.2 Å². The Labute approximate surface area is 174 Å². The molecule has 3 rings (SSSR count). The number of nitrogens with zero attached hydrogens (tertiary/aromatic N) is 2. The first kappa shape index (κ1) is 21.0. The summed E-state index contributed by atoms with van der Waals surface area (Å²) in [6.07, 6.45) is 4.48. The van der Waals surface area contributed by atoms with Crippen LogP contribution in [-0.2, 0) is 4.79 Å². The third kappa shape index (κ3) is 4.63. The van der Waals surface area contributed by atoms with Gasteiger partial charge in [-0.25, -0.2) is 0 Å². The highest BCUT2D eigenvalue weighted by atomic mass is 79.9. The Morgan fingerprint density at radius 3 is 2.50 bits per heavy atom. The molecule has 1 fully saturated rings. The first-order valence-electron chi connectivity index (χ1n) is 9.97. The number of nitrogens with one attached hydrogen (secondary N) is 1. The van der Waals surface area contributed by atoms with Crippen LogP contribution in [-0.4, -0.2) is 59.2 Å². The van der Waals surface area contributed by atoms with E-state index < -0.39 is 0 Å². The maximum atomic E-state index is 12.4. The van der Waals surface area contributed by atoms with Crippen LogP contribution in [0.25, 0.3) is 0 Å². The molecule has 1 N–H and O–H groups in total. The van der Waals surface area contributed by atoms with E-state index in [0.29, 0.717) is 30.5 Å². The maximum absolute atomic E-state index is 12.4. The second-order valence-electron chi connectivity index (χ2n) is 8.19. The Morgan fingerprint density at radius 2 is 1.79 bits per heavy atom. The van der Waals surface area contributed by atoms with E-state index >= 15 is 0 Å². The van der Waals surface area contributed by atoms with Gasteiger partial charge < -0.3 is 5.32 Å². The molecule has 1 aromatic rings. The molecule has 28 heavy (non-hydrogen) atoms. The molecule has 0 radical (unpaired) electrons. The van der Waals surface area contributed by atoms with Crippen LogP contribution in [0, 0.1) is 0 Å². The lowest BCUT2D eigenvalue weighted by Gasteiger charge is -2.41. The Balaban J connectivity index is 1.44. The summed E-state index contributed by atoms with van der Waals surface area (Å²) in [6, 6.07) is 5.09. The van der Waals surface area contributed by atoms with Crippen LogP contribution >= 0.6 is 15.9 Å². The molecule has 1 saturated heterocycles. The number of hydrogen-bond acceptors (Lipinski definition) is 4. The minimum absolute atomic E-state index is 0.0376. The van der Waals surface area contributed by atoms with Crippen molar-refractivity contribution in [3.63, 3.8) is 0 Å². The fourth-order valence-corrected chi connectivity index (χ4v) is 4.24. The average molecular weight is 450 g/mol. The SMILES string of the molecule is CC(C)(CNC(=O)CCCN1C(=O)c2ccc(Br)cc2C1=O)N1CCCCC1. The summed E-state index contributed by atoms with van der Waals surface area (Å²) < 4.78 is 0.768. The predicted octanol–water partition coefficient (Wildman–Crippen LogP) is 3.21. The summed E-state index contributed by atoms with van der Waals surface area (Å²) in [4.78, 5) is 40.8. The predicted molar refractivity (Wildman–Crippen MR) is 111 cm³/mol. The smallest absolute Gasteiger partial charge is 0.261 e. The van der Waals surface area contributed by atoms with Crippen molar-refractivity contribution in [2.45, 2.75) is 51.5 Å². The number of carbonyl (C=O) groups is 3. The minimum atomic E-state index is -0.284. The van der Waals surface area contributed by atoms with E-state index in [4.69, 9.17) is 0 Å². The quantitative estimate of drug-likeness (QED) is 0.648. The van der Waals surface area contributed by atoms with Crippen LogP contribution in [0.3, 0.4) is 0 Å². The van der Waals surface area contributed by atoms with Crippen molar-refractivity contribution in [1.82, 2.24) is 15.1 Å². The molecule has 2 aliphatic rings. The molecule has 0 atom stereocenters. The topological polar surface area (TPSA) is 69.7 Å². The summed E-state index contributed by atoms with van der Waals surface area (Å²) in [5, 5.41) is 3.02. The molecule has 2 heterocycles. The van der Waals surface area contributed by atoms with Gasteiger partial charge in [0.15, 0.2) is 0 Å². The normalized spacial score (nSPS) is 17.8. The van der Waals surface area contributed by atoms with Gasteiger partial charge in [0.2, 0.25) is 5.91 Å². The van der Waals surface area contributed by atoms with Crippen molar-refractivity contribution < 1.29 is 14.4 Å². The molecule has 0 aromatic heterocycles. The third-order valence-corrected chi connectivity index (χ3v) is 6.14. The zero-order chi connectivity index (χ0) is 20.3. The van der Waals surface area contributed by atoms with Crippen molar-refractivity contribution in [1.29, 1.82) is 0 Å². The summed E-state index contributed by atoms with van der Waals surface area (Å²) in [5.41, 5.74) is 0.791.